The van der Waals surface area contributed by atoms with Crippen LogP contribution in [-0.4, -0.2) is 45.8 Å². The van der Waals surface area contributed by atoms with Crippen LogP contribution in [0.2, 0.25) is 0 Å². The van der Waals surface area contributed by atoms with Crippen molar-refractivity contribution in [3.8, 4) is 0 Å². The molecule has 10 heteroatoms. The van der Waals surface area contributed by atoms with Crippen molar-refractivity contribution in [3.63, 3.8) is 0 Å². The smallest absolute Gasteiger partial charge is 0.336 e. The number of carboxylic acids is 3. The number of hydrogen-bond acceptors (Lipinski definition) is 6. The summed E-state index contributed by atoms with van der Waals surface area (Å²) in [5.41, 5.74) is 11.6. The Bertz CT molecular complexity index is 351. The molecule has 0 aliphatic carbocycles. The van der Waals surface area contributed by atoms with Crippen molar-refractivity contribution < 1.29 is 29.7 Å². The number of nitrogens with zero attached hydrogens (tertiary/aromatic N) is 2. The lowest BCUT2D eigenvalue weighted by atomic mass is 10.1. The van der Waals surface area contributed by atoms with Gasteiger partial charge in [0, 0.05) is 0 Å². The highest BCUT2D eigenvalue weighted by Crippen LogP contribution is 2.03. The van der Waals surface area contributed by atoms with E-state index in [0.717, 1.165) is 6.42 Å². The molecule has 0 saturated carbocycles. The molecule has 0 aromatic heterocycles. The minimum absolute atomic E-state index is 0.296. The summed E-state index contributed by atoms with van der Waals surface area (Å²) in [7, 11) is 0. The molecular formula is C10H19N4O6+. The summed E-state index contributed by atoms with van der Waals surface area (Å²) in [6.07, 6.45) is 1.28. The van der Waals surface area contributed by atoms with Gasteiger partial charge in [-0.05, 0) is 25.8 Å². The van der Waals surface area contributed by atoms with Crippen molar-refractivity contribution in [2.24, 2.45) is 10.8 Å². The first-order valence-corrected chi connectivity index (χ1v) is 5.78. The van der Waals surface area contributed by atoms with Crippen LogP contribution in [0.3, 0.4) is 0 Å². The minimum atomic E-state index is -1.08. The summed E-state index contributed by atoms with van der Waals surface area (Å²) in [4.78, 5) is 32.4. The van der Waals surface area contributed by atoms with Crippen molar-refractivity contribution in [1.29, 1.82) is 5.53 Å². The fourth-order valence-corrected chi connectivity index (χ4v) is 0.996. The quantitative estimate of drug-likeness (QED) is 0.225. The molecule has 0 radical (unpaired) electrons. The maximum Gasteiger partial charge on any atom is 0.336 e. The van der Waals surface area contributed by atoms with Gasteiger partial charge < -0.3 is 21.1 Å². The molecule has 0 bridgehead atoms. The Hall–Kier alpha value is -2.32. The van der Waals surface area contributed by atoms with Crippen molar-refractivity contribution >= 4 is 17.9 Å². The van der Waals surface area contributed by atoms with Gasteiger partial charge in [-0.15, -0.1) is 0 Å². The van der Waals surface area contributed by atoms with Crippen LogP contribution in [0.1, 0.15) is 32.1 Å². The summed E-state index contributed by atoms with van der Waals surface area (Å²) in [6.45, 7) is 0.546. The molecule has 1 unspecified atom stereocenters. The maximum absolute atomic E-state index is 10.4. The third-order valence-electron chi connectivity index (χ3n) is 1.97. The van der Waals surface area contributed by atoms with E-state index >= 15 is 0 Å². The van der Waals surface area contributed by atoms with E-state index in [1.54, 1.807) is 0 Å². The molecule has 114 valence electrons. The van der Waals surface area contributed by atoms with Gasteiger partial charge in [0.2, 0.25) is 11.0 Å². The van der Waals surface area contributed by atoms with Crippen LogP contribution >= 0.6 is 0 Å². The molecule has 10 nitrogen and oxygen atoms in total. The second-order valence-electron chi connectivity index (χ2n) is 3.64. The van der Waals surface area contributed by atoms with Crippen LogP contribution < -0.4 is 10.6 Å². The van der Waals surface area contributed by atoms with Gasteiger partial charge in [0.05, 0.1) is 12.8 Å². The average molecular weight is 291 g/mol. The first-order valence-electron chi connectivity index (χ1n) is 5.78. The SMILES string of the molecule is N=[N+]=NC(CCCCN)C(=O)O.O=C(O)CCC(=O)O. The number of unbranched alkanes of at least 4 members (excludes halogenated alkanes) is 1. The average Bonchev–Trinajstić information content (AvgIpc) is 2.36. The Morgan fingerprint density at radius 1 is 1.10 bits per heavy atom. The molecule has 0 fully saturated rings. The molecular weight excluding hydrogens is 272 g/mol. The van der Waals surface area contributed by atoms with Crippen LogP contribution in [0, 0.1) is 5.53 Å². The molecule has 0 saturated heterocycles. The number of nitrogens with two attached hydrogens (primary N) is 1. The normalized spacial score (nSPS) is 10.4. The van der Waals surface area contributed by atoms with Crippen LogP contribution in [-0.2, 0) is 14.4 Å². The molecule has 0 spiro atoms. The van der Waals surface area contributed by atoms with Gasteiger partial charge in [-0.2, -0.15) is 0 Å². The Morgan fingerprint density at radius 2 is 1.60 bits per heavy atom. The molecule has 0 rings (SSSR count). The van der Waals surface area contributed by atoms with Gasteiger partial charge in [-0.3, -0.25) is 9.59 Å². The highest BCUT2D eigenvalue weighted by Gasteiger charge is 2.20. The molecule has 0 aliphatic rings. The van der Waals surface area contributed by atoms with E-state index in [2.05, 4.69) is 10.0 Å². The lowest BCUT2D eigenvalue weighted by Gasteiger charge is -1.98. The fraction of sp³-hybridized carbons (Fsp3) is 0.700. The lowest BCUT2D eigenvalue weighted by Crippen LogP contribution is -2.18. The third-order valence-corrected chi connectivity index (χ3v) is 1.97. The number of hydrogen-bond donors (Lipinski definition) is 5. The molecule has 20 heavy (non-hydrogen) atoms. The van der Waals surface area contributed by atoms with E-state index in [1.165, 1.54) is 0 Å². The number of nitrogens with one attached hydrogen (secondary N) is 1. The van der Waals surface area contributed by atoms with Crippen LogP contribution in [0.15, 0.2) is 5.11 Å². The molecule has 0 heterocycles. The first-order chi connectivity index (χ1) is 9.34. The van der Waals surface area contributed by atoms with E-state index in [4.69, 9.17) is 26.6 Å². The van der Waals surface area contributed by atoms with Gasteiger partial charge in [0.25, 0.3) is 0 Å². The Kier molecular flexibility index (Phi) is 13.1. The van der Waals surface area contributed by atoms with Gasteiger partial charge >= 0.3 is 17.9 Å². The molecule has 1 atom stereocenters. The molecule has 0 aromatic rings. The predicted octanol–water partition coefficient (Wildman–Crippen LogP) is 0.0548. The summed E-state index contributed by atoms with van der Waals surface area (Å²) in [5, 5.41) is 27.6. The van der Waals surface area contributed by atoms with Crippen molar-refractivity contribution in [3.05, 3.63) is 0 Å². The second-order valence-corrected chi connectivity index (χ2v) is 3.64. The molecule has 6 N–H and O–H groups in total. The van der Waals surface area contributed by atoms with Gasteiger partial charge in [0.1, 0.15) is 10.6 Å². The zero-order valence-corrected chi connectivity index (χ0v) is 10.9. The predicted molar refractivity (Wildman–Crippen MR) is 66.1 cm³/mol. The van der Waals surface area contributed by atoms with E-state index in [-0.39, 0.29) is 12.8 Å². The highest BCUT2D eigenvalue weighted by molar-refractivity contribution is 5.75. The molecule has 0 amide bonds. The monoisotopic (exact) mass is 291 g/mol. The standard InChI is InChI=1S/C6H12N4O2.C4H6O4/c7-4-2-1-3-5(6(11)12)9-10-8;5-3(6)1-2-4(7)8/h5,8H,1-4,7H2;1-2H2,(H,5,6)(H,7,8)/p+1. The van der Waals surface area contributed by atoms with Gasteiger partial charge in [0.15, 0.2) is 0 Å². The van der Waals surface area contributed by atoms with Gasteiger partial charge in [-0.1, -0.05) is 0 Å². The molecule has 0 aliphatic heterocycles. The van der Waals surface area contributed by atoms with E-state index < -0.39 is 23.9 Å². The topological polar surface area (TPSA) is 188 Å². The number of rotatable bonds is 9. The largest absolute Gasteiger partial charge is 0.481 e. The van der Waals surface area contributed by atoms with Crippen LogP contribution in [0.25, 0.3) is 0 Å². The second kappa shape index (κ2) is 13.1. The number of carbonyl (C=O) groups is 3. The Morgan fingerprint density at radius 3 is 1.90 bits per heavy atom. The first kappa shape index (κ1) is 20.0. The summed E-state index contributed by atoms with van der Waals surface area (Å²) >= 11 is 0. The minimum Gasteiger partial charge on any atom is -0.481 e. The lowest BCUT2D eigenvalue weighted by molar-refractivity contribution is -0.143. The fourth-order valence-electron chi connectivity index (χ4n) is 0.996. The van der Waals surface area contributed by atoms with E-state index in [9.17, 15) is 14.4 Å². The third kappa shape index (κ3) is 15.7. The van der Waals surface area contributed by atoms with Crippen LogP contribution in [0.5, 0.6) is 0 Å². The Balaban J connectivity index is 0. The van der Waals surface area contributed by atoms with Crippen LogP contribution in [0.4, 0.5) is 0 Å². The maximum atomic E-state index is 10.4. The van der Waals surface area contributed by atoms with Crippen molar-refractivity contribution in [2.75, 3.05) is 6.54 Å². The summed E-state index contributed by atoms with van der Waals surface area (Å²) < 4.78 is 0. The summed E-state index contributed by atoms with van der Waals surface area (Å²) in [5.74, 6) is -3.19. The van der Waals surface area contributed by atoms with E-state index in [0.29, 0.717) is 19.4 Å². The van der Waals surface area contributed by atoms with Crippen molar-refractivity contribution in [1.82, 2.24) is 4.91 Å². The van der Waals surface area contributed by atoms with Gasteiger partial charge in [-0.25, -0.2) is 4.79 Å². The Labute approximate surface area is 114 Å². The molecule has 0 aromatic carbocycles. The van der Waals surface area contributed by atoms with Crippen molar-refractivity contribution in [2.45, 2.75) is 38.1 Å². The van der Waals surface area contributed by atoms with E-state index in [1.807, 2.05) is 0 Å². The highest BCUT2D eigenvalue weighted by atomic mass is 16.4. The zero-order chi connectivity index (χ0) is 16.0. The number of aliphatic carboxylic acids is 3. The number of carboxylic acid groups (broad SMARTS) is 3. The zero-order valence-electron chi connectivity index (χ0n) is 10.9. The summed E-state index contributed by atoms with van der Waals surface area (Å²) in [6, 6.07) is -0.881.